The Morgan fingerprint density at radius 1 is 1.28 bits per heavy atom. The van der Waals surface area contributed by atoms with Crippen LogP contribution in [0.3, 0.4) is 0 Å². The van der Waals surface area contributed by atoms with Crippen molar-refractivity contribution in [1.82, 2.24) is 0 Å². The number of amides is 1. The summed E-state index contributed by atoms with van der Waals surface area (Å²) < 4.78 is 52.2. The number of hydrogen-bond donors (Lipinski definition) is 2. The minimum absolute atomic E-state index is 0.0652. The van der Waals surface area contributed by atoms with Crippen molar-refractivity contribution >= 4 is 29.2 Å². The van der Waals surface area contributed by atoms with Crippen LogP contribution in [0.15, 0.2) is 41.4 Å². The largest absolute Gasteiger partial charge is 0.418 e. The molecule has 0 spiro atoms. The predicted octanol–water partition coefficient (Wildman–Crippen LogP) is 5.02. The molecule has 1 fully saturated rings. The third-order valence-electron chi connectivity index (χ3n) is 5.44. The number of aliphatic imine (C=N–C) groups is 1. The molecule has 2 unspecified atom stereocenters. The lowest BCUT2D eigenvalue weighted by Crippen LogP contribution is -2.26. The first-order valence-electron chi connectivity index (χ1n) is 10.2. The average molecular weight is 447 g/mol. The van der Waals surface area contributed by atoms with Gasteiger partial charge in [0.2, 0.25) is 5.91 Å². The monoisotopic (exact) mass is 447 g/mol. The molecular weight excluding hydrogens is 423 g/mol. The summed E-state index contributed by atoms with van der Waals surface area (Å²) in [5.41, 5.74) is 1.61. The van der Waals surface area contributed by atoms with Gasteiger partial charge < -0.3 is 20.1 Å². The van der Waals surface area contributed by atoms with Crippen LogP contribution < -0.4 is 10.6 Å². The summed E-state index contributed by atoms with van der Waals surface area (Å²) in [4.78, 5) is 16.5. The number of alkyl halides is 3. The highest BCUT2D eigenvalue weighted by Gasteiger charge is 2.36. The molecule has 1 amide bonds. The summed E-state index contributed by atoms with van der Waals surface area (Å²) in [6.07, 6.45) is -3.54. The van der Waals surface area contributed by atoms with Gasteiger partial charge in [-0.15, -0.1) is 0 Å². The fraction of sp³-hybridized carbons (Fsp3) is 0.391. The summed E-state index contributed by atoms with van der Waals surface area (Å²) >= 11 is 0. The summed E-state index contributed by atoms with van der Waals surface area (Å²) in [6.45, 7) is 5.86. The number of nitrogens with one attached hydrogen (secondary N) is 2. The summed E-state index contributed by atoms with van der Waals surface area (Å²) in [6, 6.07) is 9.29. The number of carbonyl (C=O) groups is 1. The van der Waals surface area contributed by atoms with Gasteiger partial charge in [0.05, 0.1) is 17.9 Å². The normalized spacial score (nSPS) is 22.2. The zero-order valence-corrected chi connectivity index (χ0v) is 17.9. The number of fused-ring (bicyclic) bond motifs is 1. The molecular formula is C23H24F3N3O3. The molecule has 2 atom stereocenters. The van der Waals surface area contributed by atoms with E-state index < -0.39 is 23.4 Å². The molecule has 9 heteroatoms. The second kappa shape index (κ2) is 8.22. The molecule has 1 saturated heterocycles. The molecule has 170 valence electrons. The van der Waals surface area contributed by atoms with Crippen molar-refractivity contribution in [3.8, 4) is 0 Å². The van der Waals surface area contributed by atoms with E-state index in [-0.39, 0.29) is 29.9 Å². The van der Waals surface area contributed by atoms with E-state index in [1.807, 2.05) is 19.1 Å². The van der Waals surface area contributed by atoms with Crippen LogP contribution in [0.5, 0.6) is 0 Å². The Bertz CT molecular complexity index is 1070. The number of benzene rings is 2. The molecule has 4 rings (SSSR count). The van der Waals surface area contributed by atoms with Crippen LogP contribution in [0, 0.1) is 6.92 Å². The smallest absolute Gasteiger partial charge is 0.382 e. The molecule has 2 aliphatic rings. The Hall–Kier alpha value is -2.91. The van der Waals surface area contributed by atoms with Gasteiger partial charge in [0.15, 0.2) is 5.79 Å². The Balaban J connectivity index is 1.54. The molecule has 2 aromatic carbocycles. The van der Waals surface area contributed by atoms with E-state index in [1.54, 1.807) is 19.9 Å². The van der Waals surface area contributed by atoms with Crippen molar-refractivity contribution in [1.29, 1.82) is 0 Å². The molecule has 0 aliphatic carbocycles. The number of rotatable bonds is 5. The van der Waals surface area contributed by atoms with Gasteiger partial charge in [0.25, 0.3) is 0 Å². The molecule has 2 aromatic rings. The van der Waals surface area contributed by atoms with Crippen LogP contribution in [-0.2, 0) is 20.4 Å². The first-order valence-corrected chi connectivity index (χ1v) is 10.2. The summed E-state index contributed by atoms with van der Waals surface area (Å²) in [7, 11) is 0. The lowest BCUT2D eigenvalue weighted by Gasteiger charge is -2.19. The molecule has 0 bridgehead atoms. The van der Waals surface area contributed by atoms with Crippen LogP contribution in [-0.4, -0.2) is 37.2 Å². The lowest BCUT2D eigenvalue weighted by molar-refractivity contribution is -0.138. The van der Waals surface area contributed by atoms with Gasteiger partial charge in [-0.3, -0.25) is 9.79 Å². The minimum Gasteiger partial charge on any atom is -0.382 e. The van der Waals surface area contributed by atoms with E-state index in [4.69, 9.17) is 9.47 Å². The van der Waals surface area contributed by atoms with E-state index in [0.29, 0.717) is 12.3 Å². The fourth-order valence-electron chi connectivity index (χ4n) is 3.94. The third-order valence-corrected chi connectivity index (χ3v) is 5.44. The maximum atomic E-state index is 13.7. The van der Waals surface area contributed by atoms with E-state index in [2.05, 4.69) is 15.6 Å². The Labute approximate surface area is 183 Å². The standard InChI is InChI=1S/C23H24F3N3O3/c1-13-5-4-6-19-20(13)16(21(30)29-19)11-27-14-7-8-18(17(9-14)23(24,25)26)28-10-15-12-31-22(2,3)32-15/h4-9,11,15-16,28H,10,12H2,1-3H3,(H,29,30). The maximum Gasteiger partial charge on any atom is 0.418 e. The number of nitrogens with zero attached hydrogens (tertiary/aromatic N) is 1. The first kappa shape index (κ1) is 22.3. The van der Waals surface area contributed by atoms with E-state index in [9.17, 15) is 18.0 Å². The lowest BCUT2D eigenvalue weighted by atomic mass is 9.97. The van der Waals surface area contributed by atoms with Crippen molar-refractivity contribution in [2.75, 3.05) is 23.8 Å². The van der Waals surface area contributed by atoms with Crippen molar-refractivity contribution < 1.29 is 27.4 Å². The Kier molecular flexibility index (Phi) is 5.72. The van der Waals surface area contributed by atoms with Crippen molar-refractivity contribution in [3.63, 3.8) is 0 Å². The maximum absolute atomic E-state index is 13.7. The first-order chi connectivity index (χ1) is 15.0. The van der Waals surface area contributed by atoms with Gasteiger partial charge in [0, 0.05) is 24.1 Å². The van der Waals surface area contributed by atoms with Gasteiger partial charge in [-0.2, -0.15) is 13.2 Å². The van der Waals surface area contributed by atoms with Crippen molar-refractivity contribution in [3.05, 3.63) is 53.1 Å². The predicted molar refractivity (Wildman–Crippen MR) is 116 cm³/mol. The summed E-state index contributed by atoms with van der Waals surface area (Å²) in [5, 5.41) is 5.59. The zero-order chi connectivity index (χ0) is 23.1. The molecule has 6 nitrogen and oxygen atoms in total. The molecule has 0 saturated carbocycles. The second-order valence-electron chi connectivity index (χ2n) is 8.34. The number of aryl methyl sites for hydroxylation is 1. The number of anilines is 2. The third kappa shape index (κ3) is 4.63. The topological polar surface area (TPSA) is 72.0 Å². The number of carbonyl (C=O) groups excluding carboxylic acids is 1. The van der Waals surface area contributed by atoms with Crippen LogP contribution in [0.1, 0.15) is 36.5 Å². The van der Waals surface area contributed by atoms with Crippen LogP contribution in [0.25, 0.3) is 0 Å². The molecule has 32 heavy (non-hydrogen) atoms. The van der Waals surface area contributed by atoms with E-state index >= 15 is 0 Å². The number of halogens is 3. The molecule has 0 aromatic heterocycles. The van der Waals surface area contributed by atoms with Crippen LogP contribution in [0.2, 0.25) is 0 Å². The number of hydrogen-bond acceptors (Lipinski definition) is 5. The average Bonchev–Trinajstić information content (AvgIpc) is 3.23. The molecule has 0 radical (unpaired) electrons. The highest BCUT2D eigenvalue weighted by molar-refractivity contribution is 6.13. The highest BCUT2D eigenvalue weighted by Crippen LogP contribution is 2.38. The zero-order valence-electron chi connectivity index (χ0n) is 17.9. The van der Waals surface area contributed by atoms with Gasteiger partial charge >= 0.3 is 6.18 Å². The SMILES string of the molecule is Cc1cccc2c1C(C=Nc1ccc(NCC3COC(C)(C)O3)c(C(F)(F)F)c1)C(=O)N2. The molecule has 2 aliphatic heterocycles. The Morgan fingerprint density at radius 2 is 2.06 bits per heavy atom. The Morgan fingerprint density at radius 3 is 2.75 bits per heavy atom. The van der Waals surface area contributed by atoms with Gasteiger partial charge in [0.1, 0.15) is 12.0 Å². The van der Waals surface area contributed by atoms with Crippen molar-refractivity contribution in [2.45, 2.75) is 44.8 Å². The fourth-order valence-corrected chi connectivity index (χ4v) is 3.94. The number of ether oxygens (including phenoxy) is 2. The van der Waals surface area contributed by atoms with Gasteiger partial charge in [-0.25, -0.2) is 0 Å². The van der Waals surface area contributed by atoms with Gasteiger partial charge in [-0.05, 0) is 56.2 Å². The van der Waals surface area contributed by atoms with Gasteiger partial charge in [-0.1, -0.05) is 12.1 Å². The van der Waals surface area contributed by atoms with Crippen LogP contribution >= 0.6 is 0 Å². The highest BCUT2D eigenvalue weighted by atomic mass is 19.4. The molecule has 2 heterocycles. The van der Waals surface area contributed by atoms with Crippen LogP contribution in [0.4, 0.5) is 30.2 Å². The second-order valence-corrected chi connectivity index (χ2v) is 8.34. The summed E-state index contributed by atoms with van der Waals surface area (Å²) in [5.74, 6) is -1.66. The quantitative estimate of drug-likeness (QED) is 0.632. The minimum atomic E-state index is -4.58. The van der Waals surface area contributed by atoms with Crippen molar-refractivity contribution in [2.24, 2.45) is 4.99 Å². The van der Waals surface area contributed by atoms with E-state index in [0.717, 1.165) is 17.2 Å². The molecule has 2 N–H and O–H groups in total. The van der Waals surface area contributed by atoms with E-state index in [1.165, 1.54) is 18.3 Å².